The zero-order valence-electron chi connectivity index (χ0n) is 9.25. The highest BCUT2D eigenvalue weighted by Crippen LogP contribution is 2.18. The molecule has 1 saturated carbocycles. The Labute approximate surface area is 91.0 Å². The maximum Gasteiger partial charge on any atom is 0.220 e. The Hall–Kier alpha value is -1.08. The van der Waals surface area contributed by atoms with Gasteiger partial charge in [0.2, 0.25) is 5.91 Å². The third-order valence-corrected chi connectivity index (χ3v) is 2.37. The molecule has 1 aliphatic rings. The summed E-state index contributed by atoms with van der Waals surface area (Å²) in [6.45, 7) is 3.40. The van der Waals surface area contributed by atoms with Crippen molar-refractivity contribution in [3.8, 4) is 6.07 Å². The molecule has 0 aromatic rings. The summed E-state index contributed by atoms with van der Waals surface area (Å²) in [5.41, 5.74) is 0. The predicted molar refractivity (Wildman–Crippen MR) is 58.0 cm³/mol. The largest absolute Gasteiger partial charge is 0.353 e. The van der Waals surface area contributed by atoms with Crippen molar-refractivity contribution in [1.82, 2.24) is 10.6 Å². The van der Waals surface area contributed by atoms with Crippen LogP contribution in [0.25, 0.3) is 0 Å². The molecular weight excluding hydrogens is 190 g/mol. The molecule has 4 nitrogen and oxygen atoms in total. The zero-order valence-corrected chi connectivity index (χ0v) is 9.25. The Bertz CT molecular complexity index is 243. The van der Waals surface area contributed by atoms with Gasteiger partial charge in [-0.25, -0.2) is 0 Å². The van der Waals surface area contributed by atoms with Crippen LogP contribution in [0.5, 0.6) is 0 Å². The second kappa shape index (κ2) is 6.41. The van der Waals surface area contributed by atoms with Crippen LogP contribution in [0.4, 0.5) is 0 Å². The fraction of sp³-hybridized carbons (Fsp3) is 0.818. The maximum atomic E-state index is 11.3. The molecular formula is C11H19N3O. The average molecular weight is 209 g/mol. The third-order valence-electron chi connectivity index (χ3n) is 2.37. The van der Waals surface area contributed by atoms with E-state index in [-0.39, 0.29) is 11.8 Å². The van der Waals surface area contributed by atoms with Crippen LogP contribution < -0.4 is 10.6 Å². The second-order valence-electron chi connectivity index (χ2n) is 4.18. The number of hydrogen-bond acceptors (Lipinski definition) is 3. The topological polar surface area (TPSA) is 64.9 Å². The molecule has 0 bridgehead atoms. The van der Waals surface area contributed by atoms with Crippen LogP contribution in [0.1, 0.15) is 32.6 Å². The van der Waals surface area contributed by atoms with Crippen molar-refractivity contribution < 1.29 is 4.79 Å². The minimum atomic E-state index is 0.0466. The molecule has 0 aliphatic heterocycles. The van der Waals surface area contributed by atoms with Crippen molar-refractivity contribution in [3.05, 3.63) is 0 Å². The van der Waals surface area contributed by atoms with E-state index < -0.39 is 0 Å². The lowest BCUT2D eigenvalue weighted by Crippen LogP contribution is -2.27. The Morgan fingerprint density at radius 2 is 2.33 bits per heavy atom. The number of carbonyl (C=O) groups excluding carboxylic acids is 1. The fourth-order valence-corrected chi connectivity index (χ4v) is 1.27. The molecule has 1 unspecified atom stereocenters. The standard InChI is InChI=1S/C11H19N3O/c1-9(7-12)8-13-6-2-3-11(15)14-10-4-5-10/h9-10,13H,2-6,8H2,1H3,(H,14,15). The van der Waals surface area contributed by atoms with E-state index in [1.165, 1.54) is 0 Å². The third kappa shape index (κ3) is 6.08. The molecule has 0 heterocycles. The Balaban J connectivity index is 1.87. The Kier molecular flexibility index (Phi) is 5.13. The van der Waals surface area contributed by atoms with Crippen LogP contribution in [0.3, 0.4) is 0 Å². The van der Waals surface area contributed by atoms with Crippen LogP contribution in [-0.2, 0) is 4.79 Å². The fourth-order valence-electron chi connectivity index (χ4n) is 1.27. The molecule has 84 valence electrons. The number of carbonyl (C=O) groups is 1. The summed E-state index contributed by atoms with van der Waals surface area (Å²) < 4.78 is 0. The highest BCUT2D eigenvalue weighted by molar-refractivity contribution is 5.76. The van der Waals surface area contributed by atoms with Crippen molar-refractivity contribution in [2.75, 3.05) is 13.1 Å². The summed E-state index contributed by atoms with van der Waals surface area (Å²) in [4.78, 5) is 11.3. The summed E-state index contributed by atoms with van der Waals surface area (Å²) >= 11 is 0. The van der Waals surface area contributed by atoms with Gasteiger partial charge in [-0.2, -0.15) is 5.26 Å². The molecule has 1 amide bonds. The summed E-state index contributed by atoms with van der Waals surface area (Å²) in [7, 11) is 0. The maximum absolute atomic E-state index is 11.3. The van der Waals surface area contributed by atoms with E-state index in [0.29, 0.717) is 19.0 Å². The molecule has 1 rings (SSSR count). The van der Waals surface area contributed by atoms with Gasteiger partial charge in [0.1, 0.15) is 0 Å². The van der Waals surface area contributed by atoms with Gasteiger partial charge in [-0.05, 0) is 32.7 Å². The van der Waals surface area contributed by atoms with Crippen molar-refractivity contribution in [1.29, 1.82) is 5.26 Å². The first-order valence-electron chi connectivity index (χ1n) is 5.62. The number of nitrogens with zero attached hydrogens (tertiary/aromatic N) is 1. The zero-order chi connectivity index (χ0) is 11.1. The van der Waals surface area contributed by atoms with E-state index in [9.17, 15) is 4.79 Å². The molecule has 4 heteroatoms. The van der Waals surface area contributed by atoms with Crippen molar-refractivity contribution >= 4 is 5.91 Å². The SMILES string of the molecule is CC(C#N)CNCCCC(=O)NC1CC1. The van der Waals surface area contributed by atoms with Crippen LogP contribution in [0.2, 0.25) is 0 Å². The minimum Gasteiger partial charge on any atom is -0.353 e. The Morgan fingerprint density at radius 3 is 2.93 bits per heavy atom. The molecule has 0 aromatic heterocycles. The summed E-state index contributed by atoms with van der Waals surface area (Å²) in [6, 6.07) is 2.62. The molecule has 1 atom stereocenters. The molecule has 0 radical (unpaired) electrons. The van der Waals surface area contributed by atoms with Gasteiger partial charge in [0.15, 0.2) is 0 Å². The molecule has 1 fully saturated rings. The predicted octanol–water partition coefficient (Wildman–Crippen LogP) is 0.794. The number of hydrogen-bond donors (Lipinski definition) is 2. The number of amides is 1. The Morgan fingerprint density at radius 1 is 1.60 bits per heavy atom. The minimum absolute atomic E-state index is 0.0466. The lowest BCUT2D eigenvalue weighted by Gasteiger charge is -2.05. The van der Waals surface area contributed by atoms with Gasteiger partial charge in [-0.3, -0.25) is 4.79 Å². The number of rotatable bonds is 7. The van der Waals surface area contributed by atoms with Crippen LogP contribution in [-0.4, -0.2) is 25.0 Å². The van der Waals surface area contributed by atoms with E-state index in [0.717, 1.165) is 25.8 Å². The summed E-state index contributed by atoms with van der Waals surface area (Å²) in [6.07, 6.45) is 3.72. The quantitative estimate of drug-likeness (QED) is 0.609. The average Bonchev–Trinajstić information content (AvgIpc) is 3.00. The summed E-state index contributed by atoms with van der Waals surface area (Å²) in [5, 5.41) is 14.6. The molecule has 0 spiro atoms. The van der Waals surface area contributed by atoms with E-state index in [2.05, 4.69) is 16.7 Å². The van der Waals surface area contributed by atoms with Crippen molar-refractivity contribution in [3.63, 3.8) is 0 Å². The normalized spacial score (nSPS) is 16.8. The monoisotopic (exact) mass is 209 g/mol. The first kappa shape index (κ1) is 12.0. The lowest BCUT2D eigenvalue weighted by atomic mass is 10.2. The first-order valence-corrected chi connectivity index (χ1v) is 5.62. The first-order chi connectivity index (χ1) is 7.22. The lowest BCUT2D eigenvalue weighted by molar-refractivity contribution is -0.121. The van der Waals surface area contributed by atoms with Crippen LogP contribution >= 0.6 is 0 Å². The van der Waals surface area contributed by atoms with Gasteiger partial charge in [-0.15, -0.1) is 0 Å². The number of nitrogens with one attached hydrogen (secondary N) is 2. The van der Waals surface area contributed by atoms with Crippen molar-refractivity contribution in [2.24, 2.45) is 5.92 Å². The molecule has 0 aromatic carbocycles. The van der Waals surface area contributed by atoms with Gasteiger partial charge < -0.3 is 10.6 Å². The van der Waals surface area contributed by atoms with E-state index >= 15 is 0 Å². The molecule has 0 saturated heterocycles. The molecule has 15 heavy (non-hydrogen) atoms. The van der Waals surface area contributed by atoms with E-state index in [1.54, 1.807) is 0 Å². The highest BCUT2D eigenvalue weighted by atomic mass is 16.1. The van der Waals surface area contributed by atoms with Gasteiger partial charge >= 0.3 is 0 Å². The van der Waals surface area contributed by atoms with Crippen molar-refractivity contribution in [2.45, 2.75) is 38.6 Å². The van der Waals surface area contributed by atoms with Crippen LogP contribution in [0, 0.1) is 17.2 Å². The van der Waals surface area contributed by atoms with Gasteiger partial charge in [0.25, 0.3) is 0 Å². The summed E-state index contributed by atoms with van der Waals surface area (Å²) in [5.74, 6) is 0.206. The van der Waals surface area contributed by atoms with Gasteiger partial charge in [0.05, 0.1) is 12.0 Å². The highest BCUT2D eigenvalue weighted by Gasteiger charge is 2.22. The molecule has 1 aliphatic carbocycles. The van der Waals surface area contributed by atoms with Gasteiger partial charge in [0, 0.05) is 19.0 Å². The van der Waals surface area contributed by atoms with Gasteiger partial charge in [-0.1, -0.05) is 0 Å². The van der Waals surface area contributed by atoms with Crippen LogP contribution in [0.15, 0.2) is 0 Å². The van der Waals surface area contributed by atoms with E-state index in [4.69, 9.17) is 5.26 Å². The second-order valence-corrected chi connectivity index (χ2v) is 4.18. The number of nitriles is 1. The molecule has 2 N–H and O–H groups in total. The van der Waals surface area contributed by atoms with E-state index in [1.807, 2.05) is 6.92 Å². The smallest absolute Gasteiger partial charge is 0.220 e.